The second-order valence-corrected chi connectivity index (χ2v) is 6.28. The molecule has 0 saturated heterocycles. The summed E-state index contributed by atoms with van der Waals surface area (Å²) in [6.45, 7) is 4.13. The van der Waals surface area contributed by atoms with Crippen molar-refractivity contribution in [2.45, 2.75) is 45.6 Å². The standard InChI is InChI=1S/C18H24BrNO.ClH/c1-2-3-4-5-6-13-20-14-17-11-12-18(21-17)15-7-9-16(19)10-8-15;/h7-12,20H,2-6,13-14H2,1H3;1H. The molecule has 0 aliphatic heterocycles. The van der Waals surface area contributed by atoms with Crippen LogP contribution in [-0.2, 0) is 6.54 Å². The van der Waals surface area contributed by atoms with Gasteiger partial charge < -0.3 is 9.73 Å². The molecule has 0 radical (unpaired) electrons. The van der Waals surface area contributed by atoms with Gasteiger partial charge in [-0.25, -0.2) is 0 Å². The molecule has 4 heteroatoms. The second kappa shape index (κ2) is 10.9. The van der Waals surface area contributed by atoms with Gasteiger partial charge in [-0.15, -0.1) is 12.4 Å². The first-order valence-corrected chi connectivity index (χ1v) is 8.64. The van der Waals surface area contributed by atoms with Gasteiger partial charge in [0.15, 0.2) is 0 Å². The Balaban J connectivity index is 0.00000242. The van der Waals surface area contributed by atoms with E-state index in [-0.39, 0.29) is 12.4 Å². The number of nitrogens with one attached hydrogen (secondary N) is 1. The van der Waals surface area contributed by atoms with Crippen molar-refractivity contribution in [3.63, 3.8) is 0 Å². The van der Waals surface area contributed by atoms with Gasteiger partial charge in [0.1, 0.15) is 11.5 Å². The van der Waals surface area contributed by atoms with Crippen LogP contribution in [0.15, 0.2) is 45.3 Å². The van der Waals surface area contributed by atoms with Crippen LogP contribution in [0.25, 0.3) is 11.3 Å². The predicted molar refractivity (Wildman–Crippen MR) is 99.6 cm³/mol. The van der Waals surface area contributed by atoms with E-state index in [1.165, 1.54) is 32.1 Å². The van der Waals surface area contributed by atoms with Crippen LogP contribution in [0.5, 0.6) is 0 Å². The Morgan fingerprint density at radius 2 is 1.68 bits per heavy atom. The zero-order valence-corrected chi connectivity index (χ0v) is 15.5. The van der Waals surface area contributed by atoms with Crippen LogP contribution in [0.4, 0.5) is 0 Å². The third kappa shape index (κ3) is 6.55. The number of furan rings is 1. The molecule has 1 heterocycles. The van der Waals surface area contributed by atoms with E-state index in [0.29, 0.717) is 0 Å². The molecule has 2 aromatic rings. The summed E-state index contributed by atoms with van der Waals surface area (Å²) >= 11 is 3.45. The lowest BCUT2D eigenvalue weighted by Gasteiger charge is -2.03. The summed E-state index contributed by atoms with van der Waals surface area (Å²) in [6.07, 6.45) is 6.59. The first-order valence-electron chi connectivity index (χ1n) is 7.85. The second-order valence-electron chi connectivity index (χ2n) is 5.36. The molecule has 2 rings (SSSR count). The van der Waals surface area contributed by atoms with Gasteiger partial charge in [-0.3, -0.25) is 0 Å². The maximum Gasteiger partial charge on any atom is 0.134 e. The normalized spacial score (nSPS) is 10.5. The minimum absolute atomic E-state index is 0. The lowest BCUT2D eigenvalue weighted by molar-refractivity contribution is 0.486. The van der Waals surface area contributed by atoms with Gasteiger partial charge in [0, 0.05) is 10.0 Å². The van der Waals surface area contributed by atoms with Crippen molar-refractivity contribution < 1.29 is 4.42 Å². The number of hydrogen-bond acceptors (Lipinski definition) is 2. The van der Waals surface area contributed by atoms with Crippen molar-refractivity contribution >= 4 is 28.3 Å². The largest absolute Gasteiger partial charge is 0.460 e. The molecule has 0 amide bonds. The Kier molecular flexibility index (Phi) is 9.53. The van der Waals surface area contributed by atoms with Crippen LogP contribution in [0.1, 0.15) is 44.8 Å². The third-order valence-electron chi connectivity index (χ3n) is 3.55. The molecule has 1 aromatic heterocycles. The molecule has 0 spiro atoms. The number of hydrogen-bond donors (Lipinski definition) is 1. The van der Waals surface area contributed by atoms with Crippen LogP contribution in [0, 0.1) is 0 Å². The summed E-state index contributed by atoms with van der Waals surface area (Å²) in [5.41, 5.74) is 1.11. The lowest BCUT2D eigenvalue weighted by Crippen LogP contribution is -2.14. The first kappa shape index (κ1) is 19.3. The summed E-state index contributed by atoms with van der Waals surface area (Å²) in [5, 5.41) is 3.45. The number of unbranched alkanes of at least 4 members (excludes halogenated alkanes) is 4. The quantitative estimate of drug-likeness (QED) is 0.520. The van der Waals surface area contributed by atoms with Crippen molar-refractivity contribution in [2.75, 3.05) is 6.54 Å². The highest BCUT2D eigenvalue weighted by Gasteiger charge is 2.04. The topological polar surface area (TPSA) is 25.2 Å². The molecule has 0 aliphatic rings. The molecule has 0 saturated carbocycles. The third-order valence-corrected chi connectivity index (χ3v) is 4.08. The lowest BCUT2D eigenvalue weighted by atomic mass is 10.1. The summed E-state index contributed by atoms with van der Waals surface area (Å²) in [5.74, 6) is 1.93. The van der Waals surface area contributed by atoms with Gasteiger partial charge >= 0.3 is 0 Å². The maximum absolute atomic E-state index is 5.88. The van der Waals surface area contributed by atoms with Crippen molar-refractivity contribution in [1.82, 2.24) is 5.32 Å². The average molecular weight is 387 g/mol. The highest BCUT2D eigenvalue weighted by molar-refractivity contribution is 9.10. The summed E-state index contributed by atoms with van der Waals surface area (Å²) in [4.78, 5) is 0. The molecular formula is C18H25BrClNO. The molecule has 0 atom stereocenters. The van der Waals surface area contributed by atoms with E-state index in [0.717, 1.165) is 34.6 Å². The Morgan fingerprint density at radius 3 is 2.41 bits per heavy atom. The SMILES string of the molecule is CCCCCCCNCc1ccc(-c2ccc(Br)cc2)o1.Cl. The number of benzene rings is 1. The Morgan fingerprint density at radius 1 is 0.955 bits per heavy atom. The van der Waals surface area contributed by atoms with Crippen LogP contribution in [-0.4, -0.2) is 6.54 Å². The molecule has 0 aliphatic carbocycles. The van der Waals surface area contributed by atoms with E-state index in [4.69, 9.17) is 4.42 Å². The number of rotatable bonds is 9. The van der Waals surface area contributed by atoms with Gasteiger partial charge in [0.25, 0.3) is 0 Å². The van der Waals surface area contributed by atoms with Crippen molar-refractivity contribution in [2.24, 2.45) is 0 Å². The smallest absolute Gasteiger partial charge is 0.134 e. The van der Waals surface area contributed by atoms with E-state index in [9.17, 15) is 0 Å². The summed E-state index contributed by atoms with van der Waals surface area (Å²) in [7, 11) is 0. The van der Waals surface area contributed by atoms with E-state index in [1.807, 2.05) is 18.2 Å². The van der Waals surface area contributed by atoms with Crippen molar-refractivity contribution in [3.8, 4) is 11.3 Å². The monoisotopic (exact) mass is 385 g/mol. The first-order chi connectivity index (χ1) is 10.3. The fourth-order valence-electron chi connectivity index (χ4n) is 2.31. The molecule has 0 bridgehead atoms. The Labute approximate surface area is 148 Å². The van der Waals surface area contributed by atoms with Gasteiger partial charge in [-0.05, 0) is 37.2 Å². The van der Waals surface area contributed by atoms with E-state index >= 15 is 0 Å². The Hall–Kier alpha value is -0.770. The predicted octanol–water partition coefficient (Wildman–Crippen LogP) is 6.19. The van der Waals surface area contributed by atoms with Gasteiger partial charge in [-0.2, -0.15) is 0 Å². The van der Waals surface area contributed by atoms with Crippen LogP contribution >= 0.6 is 28.3 Å². The average Bonchev–Trinajstić information content (AvgIpc) is 2.96. The molecule has 0 fully saturated rings. The molecule has 122 valence electrons. The Bertz CT molecular complexity index is 524. The number of halogens is 2. The summed E-state index contributed by atoms with van der Waals surface area (Å²) < 4.78 is 6.96. The highest BCUT2D eigenvalue weighted by atomic mass is 79.9. The van der Waals surface area contributed by atoms with E-state index < -0.39 is 0 Å². The fraction of sp³-hybridized carbons (Fsp3) is 0.444. The molecule has 1 N–H and O–H groups in total. The van der Waals surface area contributed by atoms with E-state index in [2.05, 4.69) is 46.4 Å². The van der Waals surface area contributed by atoms with E-state index in [1.54, 1.807) is 0 Å². The van der Waals surface area contributed by atoms with Crippen molar-refractivity contribution in [3.05, 3.63) is 46.6 Å². The highest BCUT2D eigenvalue weighted by Crippen LogP contribution is 2.23. The van der Waals surface area contributed by atoms with Crippen LogP contribution < -0.4 is 5.32 Å². The molecule has 0 unspecified atom stereocenters. The van der Waals surface area contributed by atoms with Gasteiger partial charge in [0.2, 0.25) is 0 Å². The zero-order valence-electron chi connectivity index (χ0n) is 13.1. The minimum atomic E-state index is 0. The molecule has 2 nitrogen and oxygen atoms in total. The van der Waals surface area contributed by atoms with Crippen LogP contribution in [0.2, 0.25) is 0 Å². The molecule has 1 aromatic carbocycles. The van der Waals surface area contributed by atoms with Crippen molar-refractivity contribution in [1.29, 1.82) is 0 Å². The summed E-state index contributed by atoms with van der Waals surface area (Å²) in [6, 6.07) is 12.3. The molecular weight excluding hydrogens is 362 g/mol. The maximum atomic E-state index is 5.88. The van der Waals surface area contributed by atoms with Crippen LogP contribution in [0.3, 0.4) is 0 Å². The van der Waals surface area contributed by atoms with Gasteiger partial charge in [-0.1, -0.05) is 60.7 Å². The minimum Gasteiger partial charge on any atom is -0.460 e. The van der Waals surface area contributed by atoms with Gasteiger partial charge in [0.05, 0.1) is 6.54 Å². The molecule has 22 heavy (non-hydrogen) atoms. The zero-order chi connectivity index (χ0) is 14.9. The fourth-order valence-corrected chi connectivity index (χ4v) is 2.57.